The summed E-state index contributed by atoms with van der Waals surface area (Å²) in [4.78, 5) is 16.0. The molecule has 0 fully saturated rings. The first-order chi connectivity index (χ1) is 8.83. The van der Waals surface area contributed by atoms with E-state index in [1.54, 1.807) is 0 Å². The molecule has 0 aliphatic carbocycles. The second-order valence-electron chi connectivity index (χ2n) is 5.48. The Morgan fingerprint density at radius 1 is 1.47 bits per heavy atom. The van der Waals surface area contributed by atoms with E-state index in [4.69, 9.17) is 4.74 Å². The highest BCUT2D eigenvalue weighted by Crippen LogP contribution is 2.29. The Morgan fingerprint density at radius 3 is 2.89 bits per heavy atom. The summed E-state index contributed by atoms with van der Waals surface area (Å²) >= 11 is 3.42. The van der Waals surface area contributed by atoms with Gasteiger partial charge in [0.1, 0.15) is 5.60 Å². The normalized spacial score (nSPS) is 13.8. The molecule has 0 unspecified atom stereocenters. The van der Waals surface area contributed by atoms with Gasteiger partial charge in [0, 0.05) is 16.6 Å². The number of benzene rings is 1. The molecule has 0 spiro atoms. The molecule has 19 heavy (non-hydrogen) atoms. The summed E-state index contributed by atoms with van der Waals surface area (Å²) in [5, 5.41) is 2.73. The first-order valence-electron chi connectivity index (χ1n) is 6.15. The summed E-state index contributed by atoms with van der Waals surface area (Å²) in [5.74, 6) is 0. The zero-order valence-electron chi connectivity index (χ0n) is 11.3. The van der Waals surface area contributed by atoms with Crippen LogP contribution in [-0.4, -0.2) is 24.0 Å². The molecule has 0 radical (unpaired) electrons. The average Bonchev–Trinajstić information content (AvgIpc) is 2.66. The zero-order valence-corrected chi connectivity index (χ0v) is 12.9. The smallest absolute Gasteiger partial charge is 0.407 e. The molecule has 1 aliphatic heterocycles. The van der Waals surface area contributed by atoms with E-state index in [0.29, 0.717) is 6.54 Å². The van der Waals surface area contributed by atoms with Crippen molar-refractivity contribution in [3.63, 3.8) is 0 Å². The van der Waals surface area contributed by atoms with Crippen molar-refractivity contribution in [2.24, 2.45) is 4.99 Å². The fourth-order valence-corrected chi connectivity index (χ4v) is 2.16. The van der Waals surface area contributed by atoms with Crippen LogP contribution in [0.25, 0.3) is 0 Å². The van der Waals surface area contributed by atoms with Crippen LogP contribution in [0.5, 0.6) is 0 Å². The lowest BCUT2D eigenvalue weighted by Crippen LogP contribution is -2.35. The van der Waals surface area contributed by atoms with Crippen LogP contribution in [0, 0.1) is 0 Å². The van der Waals surface area contributed by atoms with E-state index in [1.165, 1.54) is 5.56 Å². The van der Waals surface area contributed by atoms with Gasteiger partial charge >= 0.3 is 6.09 Å². The van der Waals surface area contributed by atoms with Gasteiger partial charge in [-0.15, -0.1) is 0 Å². The number of ether oxygens (including phenoxy) is 1. The lowest BCUT2D eigenvalue weighted by atomic mass is 10.1. The molecule has 0 saturated heterocycles. The predicted octanol–water partition coefficient (Wildman–Crippen LogP) is 3.60. The number of nitrogens with zero attached hydrogens (tertiary/aromatic N) is 1. The molecule has 0 aromatic heterocycles. The van der Waals surface area contributed by atoms with Crippen molar-refractivity contribution in [1.82, 2.24) is 5.32 Å². The number of rotatable bonds is 2. The first-order valence-corrected chi connectivity index (χ1v) is 6.94. The Bertz CT molecular complexity index is 533. The molecular formula is C14H17BrN2O2. The molecule has 1 N–H and O–H groups in total. The maximum absolute atomic E-state index is 11.5. The van der Waals surface area contributed by atoms with Gasteiger partial charge in [-0.25, -0.2) is 4.79 Å². The fourth-order valence-electron chi connectivity index (χ4n) is 1.81. The van der Waals surface area contributed by atoms with Crippen molar-refractivity contribution in [3.05, 3.63) is 28.2 Å². The number of carbonyl (C=O) groups excluding carboxylic acids is 1. The topological polar surface area (TPSA) is 50.7 Å². The van der Waals surface area contributed by atoms with Crippen molar-refractivity contribution < 1.29 is 9.53 Å². The number of nitrogens with one attached hydrogen (secondary N) is 1. The third-order valence-corrected chi connectivity index (χ3v) is 3.05. The highest BCUT2D eigenvalue weighted by Gasteiger charge is 2.18. The van der Waals surface area contributed by atoms with Crippen LogP contribution < -0.4 is 5.32 Å². The number of alkyl carbamates (subject to hydrolysis) is 1. The van der Waals surface area contributed by atoms with Crippen LogP contribution in [-0.2, 0) is 11.2 Å². The minimum Gasteiger partial charge on any atom is -0.444 e. The Balaban J connectivity index is 1.90. The summed E-state index contributed by atoms with van der Waals surface area (Å²) in [6.45, 7) is 5.94. The van der Waals surface area contributed by atoms with Crippen LogP contribution in [0.2, 0.25) is 0 Å². The van der Waals surface area contributed by atoms with Crippen LogP contribution in [0.4, 0.5) is 10.5 Å². The van der Waals surface area contributed by atoms with Gasteiger partial charge in [0.05, 0.1) is 12.2 Å². The second-order valence-corrected chi connectivity index (χ2v) is 6.40. The van der Waals surface area contributed by atoms with Crippen molar-refractivity contribution >= 4 is 33.4 Å². The Kier molecular flexibility index (Phi) is 3.94. The van der Waals surface area contributed by atoms with E-state index in [1.807, 2.05) is 39.0 Å². The fraction of sp³-hybridized carbons (Fsp3) is 0.429. The molecule has 102 valence electrons. The highest BCUT2D eigenvalue weighted by atomic mass is 79.9. The van der Waals surface area contributed by atoms with Gasteiger partial charge < -0.3 is 10.1 Å². The maximum atomic E-state index is 11.5. The molecule has 1 amide bonds. The Morgan fingerprint density at radius 2 is 2.21 bits per heavy atom. The van der Waals surface area contributed by atoms with Crippen LogP contribution in [0.1, 0.15) is 26.3 Å². The van der Waals surface area contributed by atoms with E-state index >= 15 is 0 Å². The molecule has 1 aliphatic rings. The lowest BCUT2D eigenvalue weighted by Gasteiger charge is -2.19. The maximum Gasteiger partial charge on any atom is 0.407 e. The van der Waals surface area contributed by atoms with Crippen molar-refractivity contribution in [1.29, 1.82) is 0 Å². The predicted molar refractivity (Wildman–Crippen MR) is 79.2 cm³/mol. The quantitative estimate of drug-likeness (QED) is 0.903. The third kappa shape index (κ3) is 4.06. The molecule has 0 saturated carbocycles. The lowest BCUT2D eigenvalue weighted by molar-refractivity contribution is 0.0536. The van der Waals surface area contributed by atoms with E-state index < -0.39 is 11.7 Å². The summed E-state index contributed by atoms with van der Waals surface area (Å²) in [6.07, 6.45) is 0.366. The number of fused-ring (bicyclic) bond motifs is 1. The van der Waals surface area contributed by atoms with Crippen LogP contribution in [0.3, 0.4) is 0 Å². The third-order valence-electron chi connectivity index (χ3n) is 2.56. The molecule has 0 bridgehead atoms. The standard InChI is InChI=1S/C14H17BrN2O2/c1-14(2,3)19-13(18)16-8-11-6-9-4-5-10(15)7-12(9)17-11/h4-5,7H,6,8H2,1-3H3,(H,16,18). The first kappa shape index (κ1) is 14.1. The van der Waals surface area contributed by atoms with Crippen LogP contribution >= 0.6 is 15.9 Å². The monoisotopic (exact) mass is 324 g/mol. The van der Waals surface area contributed by atoms with Gasteiger partial charge in [0.25, 0.3) is 0 Å². The molecular weight excluding hydrogens is 308 g/mol. The largest absolute Gasteiger partial charge is 0.444 e. The summed E-state index contributed by atoms with van der Waals surface area (Å²) < 4.78 is 6.19. The molecule has 0 atom stereocenters. The van der Waals surface area contributed by atoms with Crippen molar-refractivity contribution in [3.8, 4) is 0 Å². The minimum absolute atomic E-state index is 0.410. The number of carbonyl (C=O) groups is 1. The molecule has 5 heteroatoms. The van der Waals surface area contributed by atoms with Gasteiger partial charge in [0.15, 0.2) is 0 Å². The van der Waals surface area contributed by atoms with Gasteiger partial charge in [-0.3, -0.25) is 4.99 Å². The summed E-state index contributed by atoms with van der Waals surface area (Å²) in [7, 11) is 0. The van der Waals surface area contributed by atoms with E-state index in [9.17, 15) is 4.79 Å². The summed E-state index contributed by atoms with van der Waals surface area (Å²) in [5.41, 5.74) is 2.62. The Labute approximate surface area is 121 Å². The van der Waals surface area contributed by atoms with Crippen LogP contribution in [0.15, 0.2) is 27.7 Å². The zero-order chi connectivity index (χ0) is 14.0. The number of hydrogen-bond acceptors (Lipinski definition) is 3. The number of amides is 1. The van der Waals surface area contributed by atoms with Gasteiger partial charge in [-0.1, -0.05) is 22.0 Å². The minimum atomic E-state index is -0.477. The number of hydrogen-bond donors (Lipinski definition) is 1. The Hall–Kier alpha value is -1.36. The number of halogens is 1. The van der Waals surface area contributed by atoms with E-state index in [0.717, 1.165) is 22.3 Å². The van der Waals surface area contributed by atoms with E-state index in [2.05, 4.69) is 26.2 Å². The highest BCUT2D eigenvalue weighted by molar-refractivity contribution is 9.10. The molecule has 4 nitrogen and oxygen atoms in total. The SMILES string of the molecule is CC(C)(C)OC(=O)NCC1=Nc2cc(Br)ccc2C1. The summed E-state index contributed by atoms with van der Waals surface area (Å²) in [6, 6.07) is 6.03. The van der Waals surface area contributed by atoms with Gasteiger partial charge in [-0.05, 0) is 38.5 Å². The molecule has 2 rings (SSSR count). The van der Waals surface area contributed by atoms with Crippen molar-refractivity contribution in [2.45, 2.75) is 32.8 Å². The molecule has 1 aromatic rings. The molecule has 1 aromatic carbocycles. The average molecular weight is 325 g/mol. The van der Waals surface area contributed by atoms with Gasteiger partial charge in [0.2, 0.25) is 0 Å². The molecule has 1 heterocycles. The second kappa shape index (κ2) is 5.33. The van der Waals surface area contributed by atoms with E-state index in [-0.39, 0.29) is 0 Å². The number of aliphatic imine (C=N–C) groups is 1. The van der Waals surface area contributed by atoms with Gasteiger partial charge in [-0.2, -0.15) is 0 Å². The van der Waals surface area contributed by atoms with Crippen molar-refractivity contribution in [2.75, 3.05) is 6.54 Å².